The molecule has 3 aromatic carbocycles. The Hall–Kier alpha value is -2.19. The van der Waals surface area contributed by atoms with E-state index >= 15 is 0 Å². The zero-order valence-corrected chi connectivity index (χ0v) is 15.8. The third kappa shape index (κ3) is 4.46. The smallest absolute Gasteiger partial charge is 0.0435 e. The number of nitrogens with zero attached hydrogens (tertiary/aromatic N) is 1. The lowest BCUT2D eigenvalue weighted by molar-refractivity contribution is 0.792. The first-order chi connectivity index (χ1) is 12.2. The average molecular weight is 348 g/mol. The minimum absolute atomic E-state index is 0.774. The molecule has 0 bridgehead atoms. The van der Waals surface area contributed by atoms with Crippen molar-refractivity contribution in [2.45, 2.75) is 32.7 Å². The van der Waals surface area contributed by atoms with E-state index in [1.54, 1.807) is 0 Å². The maximum Gasteiger partial charge on any atom is 0.0435 e. The van der Waals surface area contributed by atoms with Crippen LogP contribution in [0.1, 0.15) is 27.8 Å². The molecule has 3 aromatic rings. The predicted molar refractivity (Wildman–Crippen MR) is 111 cm³/mol. The van der Waals surface area contributed by atoms with Gasteiger partial charge in [0, 0.05) is 24.5 Å². The van der Waals surface area contributed by atoms with E-state index in [4.69, 9.17) is 0 Å². The van der Waals surface area contributed by atoms with Crippen LogP contribution in [-0.4, -0.2) is 0 Å². The zero-order chi connectivity index (χ0) is 17.6. The van der Waals surface area contributed by atoms with Crippen LogP contribution in [0.2, 0.25) is 0 Å². The molecule has 0 aromatic heterocycles. The molecule has 0 N–H and O–H groups in total. The van der Waals surface area contributed by atoms with Crippen LogP contribution < -0.4 is 4.90 Å². The summed E-state index contributed by atoms with van der Waals surface area (Å²) in [6.07, 6.45) is 0. The summed E-state index contributed by atoms with van der Waals surface area (Å²) in [5.41, 5.74) is 7.91. The summed E-state index contributed by atoms with van der Waals surface area (Å²) >= 11 is 4.37. The Labute approximate surface area is 156 Å². The summed E-state index contributed by atoms with van der Waals surface area (Å²) in [5.74, 6) is 0.774. The molecule has 3 rings (SSSR count). The summed E-state index contributed by atoms with van der Waals surface area (Å²) in [6, 6.07) is 26.0. The highest BCUT2D eigenvalue weighted by Crippen LogP contribution is 2.23. The Bertz CT molecular complexity index is 776. The lowest BCUT2D eigenvalue weighted by Gasteiger charge is -2.27. The molecule has 25 heavy (non-hydrogen) atoms. The van der Waals surface area contributed by atoms with Crippen molar-refractivity contribution < 1.29 is 0 Å². The molecule has 128 valence electrons. The molecule has 0 fully saturated rings. The van der Waals surface area contributed by atoms with Gasteiger partial charge in [-0.05, 0) is 53.8 Å². The van der Waals surface area contributed by atoms with Crippen molar-refractivity contribution >= 4 is 18.3 Å². The second-order valence-corrected chi connectivity index (χ2v) is 6.85. The Balaban J connectivity index is 1.92. The van der Waals surface area contributed by atoms with Crippen LogP contribution in [-0.2, 0) is 18.8 Å². The molecule has 0 aliphatic rings. The van der Waals surface area contributed by atoms with Gasteiger partial charge < -0.3 is 4.90 Å². The fourth-order valence-electron chi connectivity index (χ4n) is 3.04. The molecule has 0 aliphatic heterocycles. The van der Waals surface area contributed by atoms with Gasteiger partial charge in [0.1, 0.15) is 0 Å². The maximum atomic E-state index is 4.37. The normalized spacial score (nSPS) is 10.7. The van der Waals surface area contributed by atoms with Crippen molar-refractivity contribution in [3.63, 3.8) is 0 Å². The van der Waals surface area contributed by atoms with Crippen molar-refractivity contribution in [2.24, 2.45) is 0 Å². The second-order valence-electron chi connectivity index (χ2n) is 6.53. The minimum Gasteiger partial charge on any atom is -0.363 e. The molecule has 2 heteroatoms. The van der Waals surface area contributed by atoms with Gasteiger partial charge >= 0.3 is 0 Å². The number of anilines is 1. The van der Waals surface area contributed by atoms with Gasteiger partial charge in [0.15, 0.2) is 0 Å². The van der Waals surface area contributed by atoms with Crippen molar-refractivity contribution in [1.29, 1.82) is 0 Å². The molecule has 0 heterocycles. The summed E-state index contributed by atoms with van der Waals surface area (Å²) in [4.78, 5) is 2.45. The van der Waals surface area contributed by atoms with Crippen molar-refractivity contribution in [3.8, 4) is 0 Å². The Morgan fingerprint density at radius 2 is 1.16 bits per heavy atom. The van der Waals surface area contributed by atoms with E-state index in [1.807, 2.05) is 0 Å². The highest BCUT2D eigenvalue weighted by molar-refractivity contribution is 7.79. The Kier molecular flexibility index (Phi) is 5.83. The molecule has 1 nitrogen and oxygen atoms in total. The van der Waals surface area contributed by atoms with E-state index in [-0.39, 0.29) is 0 Å². The molecule has 0 spiro atoms. The van der Waals surface area contributed by atoms with Gasteiger partial charge in [0.2, 0.25) is 0 Å². The summed E-state index contributed by atoms with van der Waals surface area (Å²) in [7, 11) is 0. The van der Waals surface area contributed by atoms with E-state index in [9.17, 15) is 0 Å². The number of aryl methyl sites for hydroxylation is 2. The largest absolute Gasteiger partial charge is 0.363 e. The van der Waals surface area contributed by atoms with Crippen LogP contribution in [0.5, 0.6) is 0 Å². The maximum absolute atomic E-state index is 4.37. The molecule has 0 aliphatic carbocycles. The van der Waals surface area contributed by atoms with Crippen LogP contribution in [0.4, 0.5) is 5.69 Å². The number of thiol groups is 1. The average Bonchev–Trinajstić information content (AvgIpc) is 2.65. The third-order valence-corrected chi connectivity index (χ3v) is 5.09. The first-order valence-electron chi connectivity index (χ1n) is 8.71. The Morgan fingerprint density at radius 3 is 1.60 bits per heavy atom. The van der Waals surface area contributed by atoms with Gasteiger partial charge in [-0.2, -0.15) is 12.6 Å². The van der Waals surface area contributed by atoms with Crippen molar-refractivity contribution in [3.05, 3.63) is 101 Å². The predicted octanol–water partition coefficient (Wildman–Crippen LogP) is 5.94. The third-order valence-electron chi connectivity index (χ3n) is 4.73. The first-order valence-corrected chi connectivity index (χ1v) is 9.34. The van der Waals surface area contributed by atoms with Crippen molar-refractivity contribution in [2.75, 3.05) is 4.90 Å². The van der Waals surface area contributed by atoms with Crippen LogP contribution in [0.15, 0.2) is 72.8 Å². The van der Waals surface area contributed by atoms with Gasteiger partial charge in [-0.1, -0.05) is 60.7 Å². The molecular formula is C23H25NS. The van der Waals surface area contributed by atoms with Gasteiger partial charge in [0.25, 0.3) is 0 Å². The van der Waals surface area contributed by atoms with Gasteiger partial charge in [-0.3, -0.25) is 0 Å². The van der Waals surface area contributed by atoms with Crippen LogP contribution >= 0.6 is 12.6 Å². The molecule has 0 unspecified atom stereocenters. The number of hydrogen-bond donors (Lipinski definition) is 1. The Morgan fingerprint density at radius 1 is 0.680 bits per heavy atom. The van der Waals surface area contributed by atoms with Gasteiger partial charge in [0.05, 0.1) is 0 Å². The summed E-state index contributed by atoms with van der Waals surface area (Å²) < 4.78 is 0. The first kappa shape index (κ1) is 17.6. The summed E-state index contributed by atoms with van der Waals surface area (Å²) in [5, 5.41) is 0. The molecule has 0 saturated carbocycles. The van der Waals surface area contributed by atoms with Crippen LogP contribution in [0.25, 0.3) is 0 Å². The molecule has 0 amide bonds. The fourth-order valence-corrected chi connectivity index (χ4v) is 3.25. The minimum atomic E-state index is 0.774. The van der Waals surface area contributed by atoms with E-state index in [2.05, 4.69) is 104 Å². The summed E-state index contributed by atoms with van der Waals surface area (Å²) in [6.45, 7) is 6.18. The molecule has 0 atom stereocenters. The van der Waals surface area contributed by atoms with E-state index in [0.717, 1.165) is 18.8 Å². The van der Waals surface area contributed by atoms with E-state index in [1.165, 1.54) is 33.5 Å². The quantitative estimate of drug-likeness (QED) is 0.540. The molecule has 0 saturated heterocycles. The number of benzene rings is 3. The lowest BCUT2D eigenvalue weighted by atomic mass is 10.1. The molecule has 0 radical (unpaired) electrons. The number of hydrogen-bond acceptors (Lipinski definition) is 2. The topological polar surface area (TPSA) is 3.24 Å². The zero-order valence-electron chi connectivity index (χ0n) is 14.9. The second kappa shape index (κ2) is 8.26. The van der Waals surface area contributed by atoms with E-state index in [0.29, 0.717) is 0 Å². The van der Waals surface area contributed by atoms with Crippen molar-refractivity contribution in [1.82, 2.24) is 0 Å². The fraction of sp³-hybridized carbons (Fsp3) is 0.217. The van der Waals surface area contributed by atoms with Crippen LogP contribution in [0.3, 0.4) is 0 Å². The number of rotatable bonds is 6. The lowest BCUT2D eigenvalue weighted by Crippen LogP contribution is -2.23. The SMILES string of the molecule is Cc1ccccc1CN(Cc1ccccc1C)c1ccc(CS)cc1. The highest BCUT2D eigenvalue weighted by Gasteiger charge is 2.11. The highest BCUT2D eigenvalue weighted by atomic mass is 32.1. The van der Waals surface area contributed by atoms with Crippen LogP contribution in [0, 0.1) is 13.8 Å². The van der Waals surface area contributed by atoms with Gasteiger partial charge in [-0.15, -0.1) is 0 Å². The van der Waals surface area contributed by atoms with E-state index < -0.39 is 0 Å². The monoisotopic (exact) mass is 347 g/mol. The standard InChI is InChI=1S/C23H25NS/c1-18-7-3-5-9-21(18)15-24(16-22-10-6-4-8-19(22)2)23-13-11-20(17-25)12-14-23/h3-14,25H,15-17H2,1-2H3. The van der Waals surface area contributed by atoms with Gasteiger partial charge in [-0.25, -0.2) is 0 Å². The molecular weight excluding hydrogens is 322 g/mol.